The Bertz CT molecular complexity index is 2210. The maximum absolute atomic E-state index is 16.8. The van der Waals surface area contributed by atoms with E-state index >= 15 is 4.39 Å². The summed E-state index contributed by atoms with van der Waals surface area (Å²) in [5, 5.41) is 0.416. The van der Waals surface area contributed by atoms with Gasteiger partial charge in [-0.3, -0.25) is 19.4 Å². The smallest absolute Gasteiger partial charge is 0.219 e. The van der Waals surface area contributed by atoms with Crippen molar-refractivity contribution < 1.29 is 23.5 Å². The first-order valence-electron chi connectivity index (χ1n) is 19.3. The highest BCUT2D eigenvalue weighted by Gasteiger charge is 2.55. The normalized spacial score (nSPS) is 21.6. The molecule has 3 aliphatic heterocycles. The van der Waals surface area contributed by atoms with Crippen molar-refractivity contribution in [2.24, 2.45) is 5.41 Å². The second-order valence-corrected chi connectivity index (χ2v) is 16.3. The fraction of sp³-hybridized carbons (Fsp3) is 0.442. The zero-order valence-corrected chi connectivity index (χ0v) is 32.6. The van der Waals surface area contributed by atoms with E-state index in [1.165, 1.54) is 5.56 Å². The maximum Gasteiger partial charge on any atom is 0.219 e. The molecule has 286 valence electrons. The summed E-state index contributed by atoms with van der Waals surface area (Å²) >= 11 is 7.19. The van der Waals surface area contributed by atoms with Crippen LogP contribution in [0.5, 0.6) is 11.8 Å². The predicted molar refractivity (Wildman–Crippen MR) is 209 cm³/mol. The highest BCUT2D eigenvalue weighted by molar-refractivity contribution is 6.36. The van der Waals surface area contributed by atoms with Gasteiger partial charge >= 0.3 is 0 Å². The number of hydrogen-bond donors (Lipinski definition) is 0. The summed E-state index contributed by atoms with van der Waals surface area (Å²) in [6.45, 7) is 9.88. The number of hydrogen-bond acceptors (Lipinski definition) is 8. The van der Waals surface area contributed by atoms with E-state index in [1.807, 2.05) is 40.1 Å². The third-order valence-electron chi connectivity index (χ3n) is 12.7. The zero-order chi connectivity index (χ0) is 38.2. The number of methoxy groups -OCH3 is 2. The van der Waals surface area contributed by atoms with Gasteiger partial charge < -0.3 is 19.3 Å². The molecular weight excluding hydrogens is 719 g/mol. The Labute approximate surface area is 326 Å². The molecule has 4 aromatic rings. The number of halogens is 2. The lowest BCUT2D eigenvalue weighted by atomic mass is 9.72. The fourth-order valence-electron chi connectivity index (χ4n) is 9.93. The van der Waals surface area contributed by atoms with Crippen LogP contribution in [0.4, 0.5) is 4.39 Å². The molecule has 3 fully saturated rings. The molecule has 2 aromatic carbocycles. The van der Waals surface area contributed by atoms with Crippen LogP contribution in [-0.4, -0.2) is 108 Å². The number of carbonyl (C=O) groups is 2. The highest BCUT2D eigenvalue weighted by Crippen LogP contribution is 2.50. The second kappa shape index (κ2) is 13.9. The molecule has 0 N–H and O–H groups in total. The molecule has 2 amide bonds. The number of carbonyl (C=O) groups excluding carboxylic acids is 2. The molecule has 2 aromatic heterocycles. The van der Waals surface area contributed by atoms with Gasteiger partial charge in [-0.15, -0.1) is 0 Å². The quantitative estimate of drug-likeness (QED) is 0.208. The van der Waals surface area contributed by atoms with Gasteiger partial charge in [0.1, 0.15) is 5.82 Å². The van der Waals surface area contributed by atoms with Crippen LogP contribution in [0.15, 0.2) is 48.5 Å². The lowest BCUT2D eigenvalue weighted by molar-refractivity contribution is -0.161. The largest absolute Gasteiger partial charge is 0.481 e. The summed E-state index contributed by atoms with van der Waals surface area (Å²) in [4.78, 5) is 42.3. The average molecular weight is 765 g/mol. The Hall–Kier alpha value is -4.58. The summed E-state index contributed by atoms with van der Waals surface area (Å²) in [5.74, 6) is 0.969. The van der Waals surface area contributed by atoms with E-state index in [4.69, 9.17) is 31.0 Å². The van der Waals surface area contributed by atoms with Crippen molar-refractivity contribution in [2.75, 3.05) is 66.6 Å². The molecule has 5 heterocycles. The molecule has 0 bridgehead atoms. The van der Waals surface area contributed by atoms with Crippen molar-refractivity contribution in [2.45, 2.75) is 51.6 Å². The van der Waals surface area contributed by atoms with Gasteiger partial charge in [-0.2, -0.15) is 0 Å². The minimum atomic E-state index is -0.404. The number of benzene rings is 2. The number of ether oxygens (including phenoxy) is 2. The van der Waals surface area contributed by atoms with Gasteiger partial charge in [0.15, 0.2) is 0 Å². The Morgan fingerprint density at radius 1 is 0.709 bits per heavy atom. The number of aromatic nitrogens is 2. The Morgan fingerprint density at radius 3 is 1.78 bits per heavy atom. The van der Waals surface area contributed by atoms with Crippen LogP contribution in [0, 0.1) is 11.2 Å². The molecular formula is C43H46ClFN6O4. The van der Waals surface area contributed by atoms with Crippen LogP contribution < -0.4 is 9.47 Å². The van der Waals surface area contributed by atoms with E-state index < -0.39 is 5.82 Å². The van der Waals surface area contributed by atoms with E-state index in [9.17, 15) is 9.59 Å². The van der Waals surface area contributed by atoms with Crippen LogP contribution >= 0.6 is 11.6 Å². The summed E-state index contributed by atoms with van der Waals surface area (Å²) in [6.07, 6.45) is 3.64. The fourth-order valence-corrected chi connectivity index (χ4v) is 10.3. The summed E-state index contributed by atoms with van der Waals surface area (Å²) in [7, 11) is 3.28. The number of likely N-dealkylation sites (tertiary alicyclic amines) is 2. The number of nitrogens with zero attached hydrogens (tertiary/aromatic N) is 6. The number of aryl methyl sites for hydroxylation is 2. The standard InChI is InChI=1S/C43H46ClFN6O4/c1-25(52)48-15-17-49(18-16-48)35-13-11-28-20-34(47-41(54-3)37(28)35)32-10-6-8-30(40(32)45)29-7-5-9-31(39(29)44)33-19-27-12-14-36(38(27)42(46-33)55-4)51-23-43(24-51)21-50(22-43)26(2)53/h5-10,19-20,35-36H,11-18,21-24H2,1-4H3/t35-,36?/m1/s1. The molecule has 3 saturated heterocycles. The third kappa shape index (κ3) is 6.06. The number of fused-ring (bicyclic) bond motifs is 2. The van der Waals surface area contributed by atoms with Gasteiger partial charge in [-0.25, -0.2) is 14.4 Å². The molecule has 55 heavy (non-hydrogen) atoms. The monoisotopic (exact) mass is 764 g/mol. The summed E-state index contributed by atoms with van der Waals surface area (Å²) in [5.41, 5.74) is 7.97. The highest BCUT2D eigenvalue weighted by atomic mass is 35.5. The molecule has 12 heteroatoms. The van der Waals surface area contributed by atoms with Gasteiger partial charge in [0.25, 0.3) is 0 Å². The Morgan fingerprint density at radius 2 is 1.22 bits per heavy atom. The Kier molecular flexibility index (Phi) is 9.09. The minimum Gasteiger partial charge on any atom is -0.481 e. The van der Waals surface area contributed by atoms with Crippen LogP contribution in [0.25, 0.3) is 33.6 Å². The molecule has 5 aliphatic rings. The van der Waals surface area contributed by atoms with E-state index in [-0.39, 0.29) is 29.3 Å². The molecule has 10 nitrogen and oxygen atoms in total. The van der Waals surface area contributed by atoms with Gasteiger partial charge in [-0.05, 0) is 55.0 Å². The molecule has 2 aliphatic carbocycles. The van der Waals surface area contributed by atoms with Gasteiger partial charge in [0, 0.05) is 117 Å². The maximum atomic E-state index is 16.8. The van der Waals surface area contributed by atoms with E-state index in [2.05, 4.69) is 15.9 Å². The Balaban J connectivity index is 0.988. The second-order valence-electron chi connectivity index (χ2n) is 15.9. The molecule has 9 rings (SSSR count). The van der Waals surface area contributed by atoms with Crippen molar-refractivity contribution in [1.82, 2.24) is 29.6 Å². The number of rotatable bonds is 7. The van der Waals surface area contributed by atoms with Crippen molar-refractivity contribution in [3.63, 3.8) is 0 Å². The molecule has 0 radical (unpaired) electrons. The van der Waals surface area contributed by atoms with Crippen molar-refractivity contribution in [1.29, 1.82) is 0 Å². The van der Waals surface area contributed by atoms with Crippen molar-refractivity contribution in [3.05, 3.63) is 81.6 Å². The van der Waals surface area contributed by atoms with E-state index in [1.54, 1.807) is 40.2 Å². The molecule has 2 atom stereocenters. The number of piperazine rings is 1. The minimum absolute atomic E-state index is 0.108. The number of pyridine rings is 2. The van der Waals surface area contributed by atoms with E-state index in [0.717, 1.165) is 81.6 Å². The summed E-state index contributed by atoms with van der Waals surface area (Å²) < 4.78 is 28.6. The predicted octanol–water partition coefficient (Wildman–Crippen LogP) is 6.59. The van der Waals surface area contributed by atoms with Crippen LogP contribution in [-0.2, 0) is 22.4 Å². The molecule has 1 unspecified atom stereocenters. The van der Waals surface area contributed by atoms with Gasteiger partial charge in [-0.1, -0.05) is 41.9 Å². The molecule has 0 saturated carbocycles. The SMILES string of the molecule is COc1nc(-c2cccc(-c3cccc(-c4cc5c(c(OC)n4)[C@H](N4CCN(C(C)=O)CC4)CC5)c3F)c2Cl)cc2c1C(N1CC3(CN(C(C)=O)C3)C1)CC2. The lowest BCUT2D eigenvalue weighted by Gasteiger charge is -2.61. The zero-order valence-electron chi connectivity index (χ0n) is 31.8. The van der Waals surface area contributed by atoms with E-state index in [0.29, 0.717) is 63.5 Å². The van der Waals surface area contributed by atoms with Crippen LogP contribution in [0.2, 0.25) is 5.02 Å². The third-order valence-corrected chi connectivity index (χ3v) is 13.1. The first kappa shape index (κ1) is 36.1. The first-order valence-corrected chi connectivity index (χ1v) is 19.7. The number of amides is 2. The van der Waals surface area contributed by atoms with Crippen LogP contribution in [0.1, 0.15) is 61.0 Å². The lowest BCUT2D eigenvalue weighted by Crippen LogP contribution is -2.72. The van der Waals surface area contributed by atoms with Crippen molar-refractivity contribution in [3.8, 4) is 45.4 Å². The van der Waals surface area contributed by atoms with Crippen LogP contribution in [0.3, 0.4) is 0 Å². The van der Waals surface area contributed by atoms with Gasteiger partial charge in [0.2, 0.25) is 23.6 Å². The summed E-state index contributed by atoms with van der Waals surface area (Å²) in [6, 6.07) is 15.5. The first-order chi connectivity index (χ1) is 26.6. The topological polar surface area (TPSA) is 91.3 Å². The molecule has 1 spiro atoms. The van der Waals surface area contributed by atoms with Crippen molar-refractivity contribution >= 4 is 23.4 Å². The van der Waals surface area contributed by atoms with Gasteiger partial charge in [0.05, 0.1) is 30.6 Å². The average Bonchev–Trinajstić information content (AvgIpc) is 3.78.